The Kier molecular flexibility index (Phi) is 12.4. The Bertz CT molecular complexity index is 1760. The largest absolute Gasteiger partial charge is 0.495 e. The summed E-state index contributed by atoms with van der Waals surface area (Å²) in [6.45, 7) is 5.78. The number of carbonyl (C=O) groups is 2. The Hall–Kier alpha value is -4.34. The summed E-state index contributed by atoms with van der Waals surface area (Å²) in [4.78, 5) is 30.1. The minimum atomic E-state index is -4.31. The molecule has 1 atom stereocenters. The van der Waals surface area contributed by atoms with Gasteiger partial charge in [0.25, 0.3) is 10.0 Å². The summed E-state index contributed by atoms with van der Waals surface area (Å²) in [5.74, 6) is -0.642. The molecule has 0 saturated carbocycles. The van der Waals surface area contributed by atoms with E-state index in [-0.39, 0.29) is 40.2 Å². The first-order valence-corrected chi connectivity index (χ1v) is 17.5. The third-order valence-corrected chi connectivity index (χ3v) is 10.0. The molecule has 0 bridgehead atoms. The third kappa shape index (κ3) is 9.14. The molecule has 4 rings (SSSR count). The number of ether oxygens (including phenoxy) is 1. The van der Waals surface area contributed by atoms with E-state index < -0.39 is 28.5 Å². The Labute approximate surface area is 283 Å². The van der Waals surface area contributed by atoms with Gasteiger partial charge in [0.15, 0.2) is 0 Å². The quantitative estimate of drug-likeness (QED) is 0.141. The molecule has 248 valence electrons. The fourth-order valence-corrected chi connectivity index (χ4v) is 6.82. The average Bonchev–Trinajstić information content (AvgIpc) is 3.06. The highest BCUT2D eigenvalue weighted by Gasteiger charge is 2.35. The van der Waals surface area contributed by atoms with Gasteiger partial charge in [-0.05, 0) is 67.3 Å². The highest BCUT2D eigenvalue weighted by atomic mass is 35.5. The van der Waals surface area contributed by atoms with Gasteiger partial charge in [-0.25, -0.2) is 8.42 Å². The number of carbonyl (C=O) groups excluding carboxylic acids is 2. The van der Waals surface area contributed by atoms with Crippen LogP contribution in [0.1, 0.15) is 42.0 Å². The average molecular weight is 676 g/mol. The number of nitrogens with zero attached hydrogens (tertiary/aromatic N) is 2. The van der Waals surface area contributed by atoms with E-state index in [1.54, 1.807) is 24.3 Å². The smallest absolute Gasteiger partial charge is 0.264 e. The lowest BCUT2D eigenvalue weighted by Crippen LogP contribution is -2.53. The number of methoxy groups -OCH3 is 1. The van der Waals surface area contributed by atoms with Gasteiger partial charge in [-0.15, -0.1) is 0 Å². The van der Waals surface area contributed by atoms with Gasteiger partial charge in [-0.1, -0.05) is 97.2 Å². The van der Waals surface area contributed by atoms with E-state index in [0.29, 0.717) is 6.54 Å². The van der Waals surface area contributed by atoms with Gasteiger partial charge < -0.3 is 15.0 Å². The van der Waals surface area contributed by atoms with Crippen molar-refractivity contribution in [1.29, 1.82) is 0 Å². The van der Waals surface area contributed by atoms with Crippen LogP contribution in [-0.4, -0.2) is 51.4 Å². The van der Waals surface area contributed by atoms with Gasteiger partial charge >= 0.3 is 0 Å². The van der Waals surface area contributed by atoms with Crippen molar-refractivity contribution in [2.24, 2.45) is 0 Å². The highest BCUT2D eigenvalue weighted by molar-refractivity contribution is 7.92. The molecule has 0 aromatic heterocycles. The maximum absolute atomic E-state index is 14.7. The number of hydrogen-bond donors (Lipinski definition) is 1. The standard InChI is InChI=1S/C37H42ClN3O5S/c1-5-6-22-39-37(43)34(23-29-13-8-7-9-14-29)40(25-30-15-11-10-12-28(30)3)36(42)26-41(33-24-31(38)18-21-35(33)46-4)47(44,45)32-19-16-27(2)17-20-32/h7-21,24,34H,5-6,22-23,25-26H2,1-4H3,(H,39,43). The van der Waals surface area contributed by atoms with Gasteiger partial charge in [0.05, 0.1) is 17.7 Å². The monoisotopic (exact) mass is 675 g/mol. The van der Waals surface area contributed by atoms with Crippen molar-refractivity contribution >= 4 is 39.1 Å². The second-order valence-corrected chi connectivity index (χ2v) is 13.7. The zero-order chi connectivity index (χ0) is 34.0. The summed E-state index contributed by atoms with van der Waals surface area (Å²) in [5, 5.41) is 3.28. The Balaban J connectivity index is 1.85. The van der Waals surface area contributed by atoms with Crippen LogP contribution in [0.25, 0.3) is 0 Å². The van der Waals surface area contributed by atoms with E-state index in [1.165, 1.54) is 30.2 Å². The number of benzene rings is 4. The maximum Gasteiger partial charge on any atom is 0.264 e. The second-order valence-electron chi connectivity index (χ2n) is 11.4. The molecule has 4 aromatic rings. The number of unbranched alkanes of at least 4 members (excludes halogenated alkanes) is 1. The van der Waals surface area contributed by atoms with Gasteiger partial charge in [0, 0.05) is 24.5 Å². The SMILES string of the molecule is CCCCNC(=O)C(Cc1ccccc1)N(Cc1ccccc1C)C(=O)CN(c1cc(Cl)ccc1OC)S(=O)(=O)c1ccc(C)cc1. The van der Waals surface area contributed by atoms with Crippen molar-refractivity contribution in [1.82, 2.24) is 10.2 Å². The Morgan fingerprint density at radius 1 is 0.915 bits per heavy atom. The lowest BCUT2D eigenvalue weighted by Gasteiger charge is -2.34. The molecule has 0 spiro atoms. The van der Waals surface area contributed by atoms with Crippen LogP contribution in [0.3, 0.4) is 0 Å². The van der Waals surface area contributed by atoms with Gasteiger partial charge in [0.1, 0.15) is 18.3 Å². The molecule has 0 aliphatic heterocycles. The summed E-state index contributed by atoms with van der Waals surface area (Å²) in [5.41, 5.74) is 3.64. The molecule has 0 heterocycles. The molecule has 0 aliphatic rings. The normalized spacial score (nSPS) is 11.9. The number of amides is 2. The van der Waals surface area contributed by atoms with E-state index in [2.05, 4.69) is 5.32 Å². The van der Waals surface area contributed by atoms with Crippen LogP contribution in [-0.2, 0) is 32.6 Å². The summed E-state index contributed by atoms with van der Waals surface area (Å²) in [6, 6.07) is 27.2. The number of sulfonamides is 1. The topological polar surface area (TPSA) is 96.0 Å². The van der Waals surface area contributed by atoms with Crippen LogP contribution in [0.2, 0.25) is 5.02 Å². The number of anilines is 1. The van der Waals surface area contributed by atoms with Crippen molar-refractivity contribution in [2.75, 3.05) is 24.5 Å². The van der Waals surface area contributed by atoms with E-state index in [9.17, 15) is 18.0 Å². The predicted octanol–water partition coefficient (Wildman–Crippen LogP) is 6.72. The minimum absolute atomic E-state index is 0.00141. The fraction of sp³-hybridized carbons (Fsp3) is 0.297. The van der Waals surface area contributed by atoms with Crippen LogP contribution in [0.4, 0.5) is 5.69 Å². The summed E-state index contributed by atoms with van der Waals surface area (Å²) >= 11 is 6.38. The van der Waals surface area contributed by atoms with Gasteiger partial charge in [0.2, 0.25) is 11.8 Å². The molecule has 0 fully saturated rings. The van der Waals surface area contributed by atoms with Crippen LogP contribution in [0, 0.1) is 13.8 Å². The van der Waals surface area contributed by atoms with Gasteiger partial charge in [-0.2, -0.15) is 0 Å². The number of hydrogen-bond acceptors (Lipinski definition) is 5. The molecule has 47 heavy (non-hydrogen) atoms. The number of nitrogens with one attached hydrogen (secondary N) is 1. The zero-order valence-electron chi connectivity index (χ0n) is 27.3. The van der Waals surface area contributed by atoms with Crippen LogP contribution in [0.15, 0.2) is 102 Å². The summed E-state index contributed by atoms with van der Waals surface area (Å²) in [7, 11) is -2.88. The lowest BCUT2D eigenvalue weighted by atomic mass is 10.0. The Morgan fingerprint density at radius 2 is 1.60 bits per heavy atom. The number of rotatable bonds is 15. The van der Waals surface area contributed by atoms with E-state index in [4.69, 9.17) is 16.3 Å². The van der Waals surface area contributed by atoms with Crippen LogP contribution < -0.4 is 14.4 Å². The molecule has 1 unspecified atom stereocenters. The number of halogens is 1. The lowest BCUT2D eigenvalue weighted by molar-refractivity contribution is -0.140. The molecule has 2 amide bonds. The first-order chi connectivity index (χ1) is 22.5. The minimum Gasteiger partial charge on any atom is -0.495 e. The molecular weight excluding hydrogens is 634 g/mol. The molecule has 1 N–H and O–H groups in total. The van der Waals surface area contributed by atoms with Crippen LogP contribution >= 0.6 is 11.6 Å². The molecule has 8 nitrogen and oxygen atoms in total. The fourth-order valence-electron chi connectivity index (χ4n) is 5.24. The van der Waals surface area contributed by atoms with E-state index in [1.807, 2.05) is 75.4 Å². The molecule has 0 aliphatic carbocycles. The van der Waals surface area contributed by atoms with Crippen molar-refractivity contribution in [3.8, 4) is 5.75 Å². The molecule has 4 aromatic carbocycles. The second kappa shape index (κ2) is 16.5. The van der Waals surface area contributed by atoms with Crippen molar-refractivity contribution in [3.05, 3.63) is 124 Å². The van der Waals surface area contributed by atoms with E-state index >= 15 is 0 Å². The predicted molar refractivity (Wildman–Crippen MR) is 187 cm³/mol. The molecule has 0 radical (unpaired) electrons. The molecule has 10 heteroatoms. The first-order valence-electron chi connectivity index (χ1n) is 15.6. The molecule has 0 saturated heterocycles. The third-order valence-electron chi connectivity index (χ3n) is 8.00. The molecular formula is C37H42ClN3O5S. The number of aryl methyl sites for hydroxylation is 2. The Morgan fingerprint density at radius 3 is 2.26 bits per heavy atom. The summed E-state index contributed by atoms with van der Waals surface area (Å²) in [6.07, 6.45) is 1.91. The maximum atomic E-state index is 14.7. The van der Waals surface area contributed by atoms with Crippen molar-refractivity contribution in [3.63, 3.8) is 0 Å². The van der Waals surface area contributed by atoms with E-state index in [0.717, 1.165) is 39.4 Å². The van der Waals surface area contributed by atoms with Gasteiger partial charge in [-0.3, -0.25) is 13.9 Å². The van der Waals surface area contributed by atoms with Crippen LogP contribution in [0.5, 0.6) is 5.75 Å². The first kappa shape index (κ1) is 35.5. The zero-order valence-corrected chi connectivity index (χ0v) is 28.9. The summed E-state index contributed by atoms with van der Waals surface area (Å²) < 4.78 is 35.2. The van der Waals surface area contributed by atoms with Crippen molar-refractivity contribution in [2.45, 2.75) is 57.5 Å². The van der Waals surface area contributed by atoms with Crippen molar-refractivity contribution < 1.29 is 22.7 Å². The highest BCUT2D eigenvalue weighted by Crippen LogP contribution is 2.35.